The maximum atomic E-state index is 12.3. The molecule has 1 heterocycles. The Hall–Kier alpha value is -2.13. The van der Waals surface area contributed by atoms with Gasteiger partial charge in [-0.25, -0.2) is 13.1 Å². The summed E-state index contributed by atoms with van der Waals surface area (Å²) in [5.74, 6) is 0.575. The number of piperazine rings is 1. The lowest BCUT2D eigenvalue weighted by Gasteiger charge is -2.34. The molecule has 0 bridgehead atoms. The van der Waals surface area contributed by atoms with Crippen molar-refractivity contribution in [2.24, 2.45) is 0 Å². The number of amides is 2. The predicted molar refractivity (Wildman–Crippen MR) is 101 cm³/mol. The van der Waals surface area contributed by atoms with Crippen LogP contribution in [-0.4, -0.2) is 69.4 Å². The van der Waals surface area contributed by atoms with Crippen molar-refractivity contribution in [2.75, 3.05) is 39.3 Å². The molecule has 2 amide bonds. The highest BCUT2D eigenvalue weighted by atomic mass is 32.2. The van der Waals surface area contributed by atoms with Crippen molar-refractivity contribution in [1.82, 2.24) is 14.5 Å². The molecule has 150 valence electrons. The van der Waals surface area contributed by atoms with Gasteiger partial charge in [-0.15, -0.1) is 0 Å². The van der Waals surface area contributed by atoms with Crippen molar-refractivity contribution in [1.29, 1.82) is 0 Å². The summed E-state index contributed by atoms with van der Waals surface area (Å²) in [4.78, 5) is 27.5. The summed E-state index contributed by atoms with van der Waals surface area (Å²) >= 11 is 0. The number of rotatable bonds is 8. The molecule has 27 heavy (non-hydrogen) atoms. The highest BCUT2D eigenvalue weighted by Crippen LogP contribution is 2.15. The minimum Gasteiger partial charge on any atom is -0.494 e. The summed E-state index contributed by atoms with van der Waals surface area (Å²) in [5, 5.41) is 0. The first-order valence-corrected chi connectivity index (χ1v) is 10.6. The number of carbonyl (C=O) groups excluding carboxylic acids is 2. The van der Waals surface area contributed by atoms with E-state index in [-0.39, 0.29) is 29.7 Å². The predicted octanol–water partition coefficient (Wildman–Crippen LogP) is 0.835. The fourth-order valence-corrected chi connectivity index (χ4v) is 3.88. The Balaban J connectivity index is 1.79. The van der Waals surface area contributed by atoms with Crippen LogP contribution in [0.25, 0.3) is 0 Å². The number of carbonyl (C=O) groups is 2. The fraction of sp³-hybridized carbons (Fsp3) is 0.556. The van der Waals surface area contributed by atoms with Crippen molar-refractivity contribution in [3.8, 4) is 5.75 Å². The maximum absolute atomic E-state index is 12.3. The molecule has 0 atom stereocenters. The van der Waals surface area contributed by atoms with Crippen LogP contribution in [-0.2, 0) is 19.6 Å². The number of nitrogens with one attached hydrogen (secondary N) is 1. The Labute approximate surface area is 160 Å². The Morgan fingerprint density at radius 1 is 1.00 bits per heavy atom. The van der Waals surface area contributed by atoms with Gasteiger partial charge in [-0.05, 0) is 31.2 Å². The molecule has 0 aromatic heterocycles. The summed E-state index contributed by atoms with van der Waals surface area (Å²) in [5.41, 5.74) is 0. The average Bonchev–Trinajstić information content (AvgIpc) is 2.68. The minimum absolute atomic E-state index is 0.0302. The van der Waals surface area contributed by atoms with Crippen LogP contribution in [0.1, 0.15) is 26.7 Å². The van der Waals surface area contributed by atoms with Gasteiger partial charge in [0.25, 0.3) is 0 Å². The molecule has 2 rings (SSSR count). The molecular weight excluding hydrogens is 370 g/mol. The molecule has 0 unspecified atom stereocenters. The van der Waals surface area contributed by atoms with Crippen LogP contribution in [0.4, 0.5) is 0 Å². The van der Waals surface area contributed by atoms with Gasteiger partial charge in [-0.1, -0.05) is 6.92 Å². The van der Waals surface area contributed by atoms with E-state index >= 15 is 0 Å². The third-order valence-electron chi connectivity index (χ3n) is 4.36. The van der Waals surface area contributed by atoms with Crippen molar-refractivity contribution in [3.05, 3.63) is 24.3 Å². The van der Waals surface area contributed by atoms with Crippen LogP contribution < -0.4 is 9.46 Å². The summed E-state index contributed by atoms with van der Waals surface area (Å²) < 4.78 is 32.3. The zero-order valence-corrected chi connectivity index (χ0v) is 16.6. The van der Waals surface area contributed by atoms with Crippen molar-refractivity contribution in [3.63, 3.8) is 0 Å². The first-order chi connectivity index (χ1) is 12.9. The standard InChI is InChI=1S/C18H27N3O5S/c1-3-17(22)20-11-13-21(14-12-20)18(23)9-10-19-27(24,25)16-7-5-15(6-8-16)26-4-2/h5-8,19H,3-4,9-14H2,1-2H3. The van der Waals surface area contributed by atoms with Crippen molar-refractivity contribution < 1.29 is 22.7 Å². The van der Waals surface area contributed by atoms with Gasteiger partial charge < -0.3 is 14.5 Å². The fourth-order valence-electron chi connectivity index (χ4n) is 2.84. The SMILES string of the molecule is CCOc1ccc(S(=O)(=O)NCCC(=O)N2CCN(C(=O)CC)CC2)cc1. The lowest BCUT2D eigenvalue weighted by Crippen LogP contribution is -2.50. The normalized spacial score (nSPS) is 14.9. The van der Waals surface area contributed by atoms with Crippen LogP contribution in [0.5, 0.6) is 5.75 Å². The van der Waals surface area contributed by atoms with Gasteiger partial charge in [-0.2, -0.15) is 0 Å². The number of ether oxygens (including phenoxy) is 1. The zero-order chi connectivity index (χ0) is 19.9. The largest absolute Gasteiger partial charge is 0.494 e. The first-order valence-electron chi connectivity index (χ1n) is 9.15. The van der Waals surface area contributed by atoms with E-state index < -0.39 is 10.0 Å². The average molecular weight is 397 g/mol. The van der Waals surface area contributed by atoms with E-state index in [9.17, 15) is 18.0 Å². The van der Waals surface area contributed by atoms with Crippen molar-refractivity contribution in [2.45, 2.75) is 31.6 Å². The molecule has 8 nitrogen and oxygen atoms in total. The number of nitrogens with zero attached hydrogens (tertiary/aromatic N) is 2. The molecular formula is C18H27N3O5S. The molecule has 0 radical (unpaired) electrons. The molecule has 1 aromatic carbocycles. The molecule has 0 aliphatic carbocycles. The number of benzene rings is 1. The van der Waals surface area contributed by atoms with Gasteiger partial charge in [-0.3, -0.25) is 9.59 Å². The second kappa shape index (κ2) is 9.70. The lowest BCUT2D eigenvalue weighted by molar-refractivity contribution is -0.139. The topological polar surface area (TPSA) is 96.0 Å². The lowest BCUT2D eigenvalue weighted by atomic mass is 10.2. The quantitative estimate of drug-likeness (QED) is 0.701. The molecule has 1 aromatic rings. The van der Waals surface area contributed by atoms with Crippen LogP contribution in [0.2, 0.25) is 0 Å². The summed E-state index contributed by atoms with van der Waals surface area (Å²) in [6.07, 6.45) is 0.541. The van der Waals surface area contributed by atoms with E-state index in [2.05, 4.69) is 4.72 Å². The molecule has 0 saturated carbocycles. The second-order valence-corrected chi connectivity index (χ2v) is 7.93. The van der Waals surface area contributed by atoms with Crippen LogP contribution in [0, 0.1) is 0 Å². The van der Waals surface area contributed by atoms with Crippen LogP contribution in [0.15, 0.2) is 29.2 Å². The minimum atomic E-state index is -3.67. The van der Waals surface area contributed by atoms with Gasteiger partial charge in [0, 0.05) is 45.6 Å². The van der Waals surface area contributed by atoms with E-state index in [0.29, 0.717) is 45.0 Å². The van der Waals surface area contributed by atoms with Gasteiger partial charge in [0.05, 0.1) is 11.5 Å². The molecule has 1 saturated heterocycles. The highest BCUT2D eigenvalue weighted by molar-refractivity contribution is 7.89. The molecule has 0 spiro atoms. The summed E-state index contributed by atoms with van der Waals surface area (Å²) in [6, 6.07) is 6.14. The van der Waals surface area contributed by atoms with Crippen LogP contribution in [0.3, 0.4) is 0 Å². The van der Waals surface area contributed by atoms with E-state index in [1.807, 2.05) is 13.8 Å². The second-order valence-electron chi connectivity index (χ2n) is 6.17. The summed E-state index contributed by atoms with van der Waals surface area (Å²) in [7, 11) is -3.67. The van der Waals surface area contributed by atoms with Gasteiger partial charge >= 0.3 is 0 Å². The zero-order valence-electron chi connectivity index (χ0n) is 15.8. The maximum Gasteiger partial charge on any atom is 0.240 e. The Bertz CT molecular complexity index is 741. The van der Waals surface area contributed by atoms with E-state index in [0.717, 1.165) is 0 Å². The van der Waals surface area contributed by atoms with E-state index in [1.54, 1.807) is 21.9 Å². The molecule has 1 fully saturated rings. The highest BCUT2D eigenvalue weighted by Gasteiger charge is 2.23. The Morgan fingerprint density at radius 2 is 1.56 bits per heavy atom. The summed E-state index contributed by atoms with van der Waals surface area (Å²) in [6.45, 7) is 6.22. The number of sulfonamides is 1. The molecule has 1 aliphatic heterocycles. The molecule has 1 N–H and O–H groups in total. The third kappa shape index (κ3) is 5.93. The van der Waals surface area contributed by atoms with Gasteiger partial charge in [0.15, 0.2) is 0 Å². The van der Waals surface area contributed by atoms with Crippen molar-refractivity contribution >= 4 is 21.8 Å². The Kier molecular flexibility index (Phi) is 7.61. The smallest absolute Gasteiger partial charge is 0.240 e. The third-order valence-corrected chi connectivity index (χ3v) is 5.84. The first kappa shape index (κ1) is 21.2. The van der Waals surface area contributed by atoms with Gasteiger partial charge in [0.1, 0.15) is 5.75 Å². The monoisotopic (exact) mass is 397 g/mol. The Morgan fingerprint density at radius 3 is 2.07 bits per heavy atom. The number of hydrogen-bond donors (Lipinski definition) is 1. The number of hydrogen-bond acceptors (Lipinski definition) is 5. The van der Waals surface area contributed by atoms with Crippen LogP contribution >= 0.6 is 0 Å². The molecule has 9 heteroatoms. The van der Waals surface area contributed by atoms with E-state index in [4.69, 9.17) is 4.74 Å². The molecule has 1 aliphatic rings. The van der Waals surface area contributed by atoms with E-state index in [1.165, 1.54) is 12.1 Å². The van der Waals surface area contributed by atoms with Gasteiger partial charge in [0.2, 0.25) is 21.8 Å².